The fourth-order valence-corrected chi connectivity index (χ4v) is 2.79. The molecule has 0 aliphatic rings. The van der Waals surface area contributed by atoms with E-state index in [0.29, 0.717) is 6.04 Å². The quantitative estimate of drug-likeness (QED) is 0.800. The summed E-state index contributed by atoms with van der Waals surface area (Å²) in [5, 5.41) is 8.11. The van der Waals surface area contributed by atoms with Gasteiger partial charge in [-0.25, -0.2) is 0 Å². The van der Waals surface area contributed by atoms with E-state index in [2.05, 4.69) is 65.3 Å². The van der Waals surface area contributed by atoms with Crippen LogP contribution in [0.15, 0.2) is 36.4 Å². The summed E-state index contributed by atoms with van der Waals surface area (Å²) in [6.07, 6.45) is 4.46. The molecule has 0 aliphatic heterocycles. The van der Waals surface area contributed by atoms with Gasteiger partial charge in [-0.1, -0.05) is 37.3 Å². The lowest BCUT2D eigenvalue weighted by atomic mass is 10.0. The molecule has 0 amide bonds. The highest BCUT2D eigenvalue weighted by atomic mass is 15.3. The highest BCUT2D eigenvalue weighted by Gasteiger charge is 2.15. The molecule has 0 spiro atoms. The van der Waals surface area contributed by atoms with Gasteiger partial charge in [0, 0.05) is 12.6 Å². The first-order valence-corrected chi connectivity index (χ1v) is 8.06. The van der Waals surface area contributed by atoms with E-state index in [1.807, 2.05) is 7.05 Å². The summed E-state index contributed by atoms with van der Waals surface area (Å²) < 4.78 is 2.14. The van der Waals surface area contributed by atoms with Crippen LogP contribution in [0.2, 0.25) is 0 Å². The summed E-state index contributed by atoms with van der Waals surface area (Å²) >= 11 is 0. The van der Waals surface area contributed by atoms with E-state index in [1.54, 1.807) is 0 Å². The summed E-state index contributed by atoms with van der Waals surface area (Å²) in [5.41, 5.74) is 3.94. The molecule has 2 rings (SSSR count). The largest absolute Gasteiger partial charge is 0.312 e. The Balaban J connectivity index is 1.98. The topological polar surface area (TPSA) is 29.9 Å². The van der Waals surface area contributed by atoms with Crippen molar-refractivity contribution in [3.63, 3.8) is 0 Å². The second-order valence-electron chi connectivity index (χ2n) is 5.45. The van der Waals surface area contributed by atoms with Gasteiger partial charge in [0.2, 0.25) is 0 Å². The molecule has 1 heterocycles. The fourth-order valence-electron chi connectivity index (χ4n) is 2.79. The van der Waals surface area contributed by atoms with Gasteiger partial charge in [0.25, 0.3) is 0 Å². The summed E-state index contributed by atoms with van der Waals surface area (Å²) in [6.45, 7) is 5.26. The van der Waals surface area contributed by atoms with Gasteiger partial charge >= 0.3 is 0 Å². The van der Waals surface area contributed by atoms with Crippen molar-refractivity contribution >= 4 is 0 Å². The van der Waals surface area contributed by atoms with E-state index >= 15 is 0 Å². The Morgan fingerprint density at radius 2 is 1.95 bits per heavy atom. The number of hydrogen-bond donors (Lipinski definition) is 1. The zero-order valence-electron chi connectivity index (χ0n) is 13.5. The molecule has 1 aromatic carbocycles. The first-order valence-electron chi connectivity index (χ1n) is 8.06. The average molecular weight is 285 g/mol. The normalized spacial score (nSPS) is 12.5. The zero-order valence-corrected chi connectivity index (χ0v) is 13.5. The van der Waals surface area contributed by atoms with Gasteiger partial charge in [-0.3, -0.25) is 4.68 Å². The van der Waals surface area contributed by atoms with Crippen LogP contribution in [-0.4, -0.2) is 16.8 Å². The van der Waals surface area contributed by atoms with Crippen LogP contribution in [0.4, 0.5) is 0 Å². The lowest BCUT2D eigenvalue weighted by molar-refractivity contribution is 0.475. The Kier molecular flexibility index (Phi) is 6.00. The van der Waals surface area contributed by atoms with Crippen LogP contribution in [0, 0.1) is 0 Å². The van der Waals surface area contributed by atoms with Gasteiger partial charge in [0.15, 0.2) is 0 Å². The molecule has 1 atom stereocenters. The molecule has 0 aliphatic carbocycles. The van der Waals surface area contributed by atoms with Crippen molar-refractivity contribution in [2.45, 2.75) is 52.1 Å². The van der Waals surface area contributed by atoms with Crippen LogP contribution in [0.25, 0.3) is 0 Å². The number of nitrogens with one attached hydrogen (secondary N) is 1. The van der Waals surface area contributed by atoms with Crippen molar-refractivity contribution in [2.75, 3.05) is 7.05 Å². The highest BCUT2D eigenvalue weighted by Crippen LogP contribution is 2.21. The zero-order chi connectivity index (χ0) is 15.1. The third-order valence-electron chi connectivity index (χ3n) is 4.03. The molecule has 21 heavy (non-hydrogen) atoms. The molecule has 1 unspecified atom stereocenters. The lowest BCUT2D eigenvalue weighted by Gasteiger charge is -2.17. The van der Waals surface area contributed by atoms with Gasteiger partial charge in [0.05, 0.1) is 11.4 Å². The number of rotatable bonds is 8. The fraction of sp³-hybridized carbons (Fsp3) is 0.500. The number of hydrogen-bond acceptors (Lipinski definition) is 2. The monoisotopic (exact) mass is 285 g/mol. The molecule has 0 saturated carbocycles. The molecular formula is C18H27N3. The van der Waals surface area contributed by atoms with Crippen molar-refractivity contribution in [3.8, 4) is 0 Å². The SMILES string of the molecule is CCc1cc(C(CCCc2ccccc2)NC)n(CC)n1. The Hall–Kier alpha value is -1.61. The van der Waals surface area contributed by atoms with Gasteiger partial charge in [-0.15, -0.1) is 0 Å². The molecule has 1 aromatic heterocycles. The maximum Gasteiger partial charge on any atom is 0.0625 e. The molecule has 0 fully saturated rings. The molecule has 114 valence electrons. The van der Waals surface area contributed by atoms with E-state index in [0.717, 1.165) is 25.8 Å². The smallest absolute Gasteiger partial charge is 0.0625 e. The van der Waals surface area contributed by atoms with Crippen molar-refractivity contribution in [1.82, 2.24) is 15.1 Å². The maximum atomic E-state index is 4.66. The van der Waals surface area contributed by atoms with Gasteiger partial charge in [-0.05, 0) is 51.3 Å². The van der Waals surface area contributed by atoms with E-state index in [-0.39, 0.29) is 0 Å². The minimum Gasteiger partial charge on any atom is -0.312 e. The lowest BCUT2D eigenvalue weighted by Crippen LogP contribution is -2.20. The number of nitrogens with zero attached hydrogens (tertiary/aromatic N) is 2. The predicted molar refractivity (Wildman–Crippen MR) is 88.5 cm³/mol. The first-order chi connectivity index (χ1) is 10.3. The number of aryl methyl sites for hydroxylation is 3. The Morgan fingerprint density at radius 1 is 1.19 bits per heavy atom. The third kappa shape index (κ3) is 4.18. The van der Waals surface area contributed by atoms with Crippen LogP contribution in [0.1, 0.15) is 49.7 Å². The minimum absolute atomic E-state index is 0.390. The summed E-state index contributed by atoms with van der Waals surface area (Å²) in [7, 11) is 2.05. The molecule has 3 heteroatoms. The number of aromatic nitrogens is 2. The van der Waals surface area contributed by atoms with Crippen molar-refractivity contribution < 1.29 is 0 Å². The molecule has 1 N–H and O–H groups in total. The van der Waals surface area contributed by atoms with Crippen molar-refractivity contribution in [3.05, 3.63) is 53.3 Å². The average Bonchev–Trinajstić information content (AvgIpc) is 2.96. The van der Waals surface area contributed by atoms with Crippen LogP contribution in [0.3, 0.4) is 0 Å². The number of benzene rings is 1. The van der Waals surface area contributed by atoms with E-state index < -0.39 is 0 Å². The van der Waals surface area contributed by atoms with Gasteiger partial charge in [0.1, 0.15) is 0 Å². The summed E-state index contributed by atoms with van der Waals surface area (Å²) in [6, 6.07) is 13.4. The van der Waals surface area contributed by atoms with Crippen LogP contribution in [0.5, 0.6) is 0 Å². The van der Waals surface area contributed by atoms with Crippen molar-refractivity contribution in [2.24, 2.45) is 0 Å². The molecule has 0 radical (unpaired) electrons. The second-order valence-corrected chi connectivity index (χ2v) is 5.45. The highest BCUT2D eigenvalue weighted by molar-refractivity contribution is 5.16. The summed E-state index contributed by atoms with van der Waals surface area (Å²) in [4.78, 5) is 0. The van der Waals surface area contributed by atoms with Gasteiger partial charge in [-0.2, -0.15) is 5.10 Å². The Labute approximate surface area is 128 Å². The van der Waals surface area contributed by atoms with E-state index in [9.17, 15) is 0 Å². The third-order valence-corrected chi connectivity index (χ3v) is 4.03. The van der Waals surface area contributed by atoms with Crippen LogP contribution >= 0.6 is 0 Å². The first kappa shape index (κ1) is 15.8. The van der Waals surface area contributed by atoms with Crippen LogP contribution in [-0.2, 0) is 19.4 Å². The van der Waals surface area contributed by atoms with E-state index in [4.69, 9.17) is 0 Å². The minimum atomic E-state index is 0.390. The Bertz CT molecular complexity index is 531. The Morgan fingerprint density at radius 3 is 2.57 bits per heavy atom. The van der Waals surface area contributed by atoms with Crippen molar-refractivity contribution in [1.29, 1.82) is 0 Å². The van der Waals surface area contributed by atoms with Crippen LogP contribution < -0.4 is 5.32 Å². The van der Waals surface area contributed by atoms with Gasteiger partial charge < -0.3 is 5.32 Å². The predicted octanol–water partition coefficient (Wildman–Crippen LogP) is 3.75. The van der Waals surface area contributed by atoms with E-state index in [1.165, 1.54) is 23.4 Å². The standard InChI is InChI=1S/C18H27N3/c1-4-16-14-18(21(5-2)20-16)17(19-3)13-9-12-15-10-7-6-8-11-15/h6-8,10-11,14,17,19H,4-5,9,12-13H2,1-3H3. The molecule has 3 nitrogen and oxygen atoms in total. The molecule has 0 bridgehead atoms. The molecule has 2 aromatic rings. The molecule has 0 saturated heterocycles. The second kappa shape index (κ2) is 7.99. The summed E-state index contributed by atoms with van der Waals surface area (Å²) in [5.74, 6) is 0. The maximum absolute atomic E-state index is 4.66. The molecular weight excluding hydrogens is 258 g/mol.